The van der Waals surface area contributed by atoms with Crippen molar-refractivity contribution in [1.29, 1.82) is 0 Å². The molecule has 2 aromatic rings. The van der Waals surface area contributed by atoms with E-state index in [1.807, 2.05) is 9.97 Å². The molecule has 102 valence electrons. The molecule has 0 radical (unpaired) electrons. The predicted octanol–water partition coefficient (Wildman–Crippen LogP) is 0.218. The lowest BCUT2D eigenvalue weighted by Gasteiger charge is -1.97. The molecule has 8 nitrogen and oxygen atoms in total. The molecule has 1 heterocycles. The number of hydrogen-bond donors (Lipinski definition) is 4. The molecule has 0 unspecified atom stereocenters. The van der Waals surface area contributed by atoms with E-state index < -0.39 is 23.1 Å². The zero-order chi connectivity index (χ0) is 14.7. The van der Waals surface area contributed by atoms with Crippen LogP contribution in [0.15, 0.2) is 38.8 Å². The van der Waals surface area contributed by atoms with E-state index in [9.17, 15) is 19.5 Å². The van der Waals surface area contributed by atoms with E-state index in [1.54, 1.807) is 0 Å². The summed E-state index contributed by atoms with van der Waals surface area (Å²) in [7, 11) is 0. The van der Waals surface area contributed by atoms with Crippen molar-refractivity contribution in [3.63, 3.8) is 0 Å². The number of nitrogens with zero attached hydrogens (tertiary/aromatic N) is 1. The van der Waals surface area contributed by atoms with Crippen LogP contribution in [0.1, 0.15) is 15.9 Å². The van der Waals surface area contributed by atoms with E-state index >= 15 is 0 Å². The van der Waals surface area contributed by atoms with Gasteiger partial charge in [0.25, 0.3) is 5.56 Å². The molecular formula is C12H9N3O5. The van der Waals surface area contributed by atoms with Crippen LogP contribution in [-0.2, 0) is 0 Å². The highest BCUT2D eigenvalue weighted by Crippen LogP contribution is 2.13. The summed E-state index contributed by atoms with van der Waals surface area (Å²) in [5.41, 5.74) is -1.31. The van der Waals surface area contributed by atoms with E-state index in [-0.39, 0.29) is 11.1 Å². The minimum absolute atomic E-state index is 0.105. The van der Waals surface area contributed by atoms with Gasteiger partial charge in [-0.1, -0.05) is 0 Å². The first kappa shape index (κ1) is 13.3. The average molecular weight is 275 g/mol. The molecule has 4 N–H and O–H groups in total. The van der Waals surface area contributed by atoms with Gasteiger partial charge >= 0.3 is 11.7 Å². The quantitative estimate of drug-likeness (QED) is 0.594. The molecule has 0 fully saturated rings. The number of aromatic amines is 2. The minimum atomic E-state index is -1.06. The molecule has 1 aromatic heterocycles. The molecule has 0 bridgehead atoms. The lowest BCUT2D eigenvalue weighted by atomic mass is 10.2. The third-order valence-corrected chi connectivity index (χ3v) is 2.42. The zero-order valence-electron chi connectivity index (χ0n) is 9.95. The summed E-state index contributed by atoms with van der Waals surface area (Å²) in [6, 6.07) is 5.59. The second-order valence-electron chi connectivity index (χ2n) is 3.78. The third kappa shape index (κ3) is 2.80. The topological polar surface area (TPSA) is 136 Å². The van der Waals surface area contributed by atoms with E-state index in [0.29, 0.717) is 5.69 Å². The molecule has 0 saturated heterocycles. The number of aliphatic imine (C=N–C) groups is 1. The van der Waals surface area contributed by atoms with Crippen molar-refractivity contribution in [1.82, 2.24) is 9.97 Å². The Balaban J connectivity index is 2.32. The summed E-state index contributed by atoms with van der Waals surface area (Å²) < 4.78 is 0. The lowest BCUT2D eigenvalue weighted by molar-refractivity contribution is 0.0697. The lowest BCUT2D eigenvalue weighted by Crippen LogP contribution is -2.24. The SMILES string of the molecule is O=C(O)c1ccc(N=Cc2c(O)[nH]c(=O)[nH]c2=O)cc1. The highest BCUT2D eigenvalue weighted by molar-refractivity contribution is 5.88. The van der Waals surface area contributed by atoms with Crippen LogP contribution < -0.4 is 11.2 Å². The number of carboxylic acid groups (broad SMARTS) is 1. The monoisotopic (exact) mass is 275 g/mol. The second-order valence-corrected chi connectivity index (χ2v) is 3.78. The predicted molar refractivity (Wildman–Crippen MR) is 70.0 cm³/mol. The van der Waals surface area contributed by atoms with Crippen molar-refractivity contribution in [2.75, 3.05) is 0 Å². The Labute approximate surface area is 111 Å². The Morgan fingerprint density at radius 3 is 2.35 bits per heavy atom. The fraction of sp³-hybridized carbons (Fsp3) is 0. The molecule has 2 rings (SSSR count). The van der Waals surface area contributed by atoms with Gasteiger partial charge in [0.1, 0.15) is 5.56 Å². The number of aromatic carboxylic acids is 1. The van der Waals surface area contributed by atoms with Gasteiger partial charge in [0.2, 0.25) is 5.88 Å². The van der Waals surface area contributed by atoms with Gasteiger partial charge in [0, 0.05) is 6.21 Å². The van der Waals surface area contributed by atoms with Gasteiger partial charge in [0.15, 0.2) is 0 Å². The summed E-state index contributed by atoms with van der Waals surface area (Å²) >= 11 is 0. The van der Waals surface area contributed by atoms with Gasteiger partial charge in [-0.15, -0.1) is 0 Å². The van der Waals surface area contributed by atoms with Crippen molar-refractivity contribution in [3.05, 3.63) is 56.2 Å². The number of hydrogen-bond acceptors (Lipinski definition) is 5. The van der Waals surface area contributed by atoms with Crippen molar-refractivity contribution >= 4 is 17.9 Å². The number of carboxylic acids is 1. The first-order valence-electron chi connectivity index (χ1n) is 5.40. The van der Waals surface area contributed by atoms with Crippen LogP contribution in [-0.4, -0.2) is 32.4 Å². The standard InChI is InChI=1S/C12H9N3O5/c16-9-8(10(17)15-12(20)14-9)5-13-7-3-1-6(2-4-7)11(18)19/h1-5H,(H,18,19)(H3,14,15,16,17,20). The van der Waals surface area contributed by atoms with Crippen LogP contribution in [0.2, 0.25) is 0 Å². The number of H-pyrrole nitrogens is 2. The third-order valence-electron chi connectivity index (χ3n) is 2.42. The number of aromatic hydroxyl groups is 1. The van der Waals surface area contributed by atoms with Crippen LogP contribution in [0.25, 0.3) is 0 Å². The first-order valence-corrected chi connectivity index (χ1v) is 5.40. The molecule has 0 saturated carbocycles. The second kappa shape index (κ2) is 5.22. The normalized spacial score (nSPS) is 10.8. The highest BCUT2D eigenvalue weighted by Gasteiger charge is 2.05. The summed E-state index contributed by atoms with van der Waals surface area (Å²) in [6.45, 7) is 0. The Bertz CT molecular complexity index is 786. The molecule has 0 amide bonds. The summed E-state index contributed by atoms with van der Waals surface area (Å²) in [5, 5.41) is 18.2. The fourth-order valence-corrected chi connectivity index (χ4v) is 1.43. The highest BCUT2D eigenvalue weighted by atomic mass is 16.4. The van der Waals surface area contributed by atoms with Crippen LogP contribution in [0, 0.1) is 0 Å². The maximum atomic E-state index is 11.4. The Morgan fingerprint density at radius 1 is 1.15 bits per heavy atom. The van der Waals surface area contributed by atoms with Crippen molar-refractivity contribution in [3.8, 4) is 5.88 Å². The molecule has 0 spiro atoms. The number of benzene rings is 1. The Kier molecular flexibility index (Phi) is 3.47. The van der Waals surface area contributed by atoms with E-state index in [2.05, 4.69) is 4.99 Å². The summed E-state index contributed by atoms with van der Waals surface area (Å²) in [5.74, 6) is -1.65. The smallest absolute Gasteiger partial charge is 0.335 e. The maximum absolute atomic E-state index is 11.4. The minimum Gasteiger partial charge on any atom is -0.494 e. The molecule has 8 heteroatoms. The molecule has 1 aromatic carbocycles. The molecule has 0 aliphatic heterocycles. The van der Waals surface area contributed by atoms with E-state index in [0.717, 1.165) is 6.21 Å². The van der Waals surface area contributed by atoms with Crippen LogP contribution in [0.3, 0.4) is 0 Å². The average Bonchev–Trinajstić information content (AvgIpc) is 2.38. The van der Waals surface area contributed by atoms with E-state index in [4.69, 9.17) is 5.11 Å². The largest absolute Gasteiger partial charge is 0.494 e. The number of rotatable bonds is 3. The summed E-state index contributed by atoms with van der Waals surface area (Å²) in [6.07, 6.45) is 1.07. The van der Waals surface area contributed by atoms with Gasteiger partial charge in [-0.05, 0) is 24.3 Å². The maximum Gasteiger partial charge on any atom is 0.335 e. The summed E-state index contributed by atoms with van der Waals surface area (Å²) in [4.78, 5) is 40.8. The molecule has 0 aliphatic rings. The molecular weight excluding hydrogens is 266 g/mol. The van der Waals surface area contributed by atoms with Crippen molar-refractivity contribution < 1.29 is 15.0 Å². The first-order chi connectivity index (χ1) is 9.47. The van der Waals surface area contributed by atoms with Gasteiger partial charge in [0.05, 0.1) is 11.3 Å². The van der Waals surface area contributed by atoms with Crippen LogP contribution >= 0.6 is 0 Å². The van der Waals surface area contributed by atoms with Gasteiger partial charge in [-0.2, -0.15) is 0 Å². The van der Waals surface area contributed by atoms with Crippen molar-refractivity contribution in [2.24, 2.45) is 4.99 Å². The number of carbonyl (C=O) groups is 1. The molecule has 0 aliphatic carbocycles. The Hall–Kier alpha value is -3.16. The van der Waals surface area contributed by atoms with Gasteiger partial charge in [-0.3, -0.25) is 19.8 Å². The van der Waals surface area contributed by atoms with Crippen molar-refractivity contribution in [2.45, 2.75) is 0 Å². The number of nitrogens with one attached hydrogen (secondary N) is 2. The molecule has 0 atom stereocenters. The fourth-order valence-electron chi connectivity index (χ4n) is 1.43. The van der Waals surface area contributed by atoms with Gasteiger partial charge in [-0.25, -0.2) is 9.59 Å². The van der Waals surface area contributed by atoms with Gasteiger partial charge < -0.3 is 10.2 Å². The Morgan fingerprint density at radius 2 is 1.80 bits per heavy atom. The van der Waals surface area contributed by atoms with E-state index in [1.165, 1.54) is 24.3 Å². The zero-order valence-corrected chi connectivity index (χ0v) is 9.95. The molecule has 20 heavy (non-hydrogen) atoms. The van der Waals surface area contributed by atoms with Crippen LogP contribution in [0.5, 0.6) is 5.88 Å². The van der Waals surface area contributed by atoms with Crippen LogP contribution in [0.4, 0.5) is 5.69 Å². The number of aromatic nitrogens is 2.